The maximum atomic E-state index is 13.1. The second kappa shape index (κ2) is 5.87. The lowest BCUT2D eigenvalue weighted by Crippen LogP contribution is -2.04. The van der Waals surface area contributed by atoms with E-state index in [9.17, 15) is 26.7 Å². The minimum atomic E-state index is -2.23. The molecule has 0 amide bonds. The van der Waals surface area contributed by atoms with Crippen LogP contribution in [0.3, 0.4) is 0 Å². The molecule has 1 aromatic rings. The molecule has 1 nitrogen and oxygen atoms in total. The van der Waals surface area contributed by atoms with Gasteiger partial charge in [0.15, 0.2) is 28.4 Å². The van der Waals surface area contributed by atoms with Crippen LogP contribution in [0, 0.1) is 40.9 Å². The van der Waals surface area contributed by atoms with Gasteiger partial charge in [0, 0.05) is 6.92 Å². The number of carbonyl (C=O) groups excluding carboxylic acids is 1. The first-order chi connectivity index (χ1) is 8.36. The summed E-state index contributed by atoms with van der Waals surface area (Å²) in [7, 11) is 0. The van der Waals surface area contributed by atoms with Gasteiger partial charge in [-0.3, -0.25) is 4.79 Å². The number of hydrogen-bond acceptors (Lipinski definition) is 2. The Bertz CT molecular complexity index is 530. The Balaban J connectivity index is 3.14. The van der Waals surface area contributed by atoms with E-state index in [1.807, 2.05) is 5.92 Å². The van der Waals surface area contributed by atoms with Crippen LogP contribution in [0.1, 0.15) is 12.5 Å². The molecule has 0 aliphatic heterocycles. The molecule has 0 aromatic heterocycles. The molecule has 0 aliphatic carbocycles. The van der Waals surface area contributed by atoms with Crippen molar-refractivity contribution in [2.45, 2.75) is 6.92 Å². The summed E-state index contributed by atoms with van der Waals surface area (Å²) in [4.78, 5) is 10.5. The average Bonchev–Trinajstić information content (AvgIpc) is 2.32. The maximum Gasteiger partial charge on any atom is 0.200 e. The van der Waals surface area contributed by atoms with Crippen molar-refractivity contribution in [3.8, 4) is 11.8 Å². The zero-order valence-corrected chi connectivity index (χ0v) is 9.73. The summed E-state index contributed by atoms with van der Waals surface area (Å²) in [6.07, 6.45) is 0. The van der Waals surface area contributed by atoms with Gasteiger partial charge in [-0.25, -0.2) is 22.0 Å². The number of thioether (sulfide) groups is 1. The number of rotatable bonds is 1. The van der Waals surface area contributed by atoms with Crippen LogP contribution in [0.5, 0.6) is 0 Å². The summed E-state index contributed by atoms with van der Waals surface area (Å²) in [5, 5.41) is -0.276. The number of halogens is 5. The lowest BCUT2D eigenvalue weighted by atomic mass is 10.1. The van der Waals surface area contributed by atoms with Gasteiger partial charge >= 0.3 is 0 Å². The van der Waals surface area contributed by atoms with E-state index in [1.165, 1.54) is 6.92 Å². The Kier molecular flexibility index (Phi) is 4.73. The van der Waals surface area contributed by atoms with E-state index in [2.05, 4.69) is 5.92 Å². The van der Waals surface area contributed by atoms with Crippen LogP contribution in [0.15, 0.2) is 0 Å². The first kappa shape index (κ1) is 14.5. The van der Waals surface area contributed by atoms with Crippen LogP contribution in [0.25, 0.3) is 0 Å². The molecular weight excluding hydrogens is 275 g/mol. The number of carbonyl (C=O) groups is 1. The molecule has 0 heterocycles. The lowest BCUT2D eigenvalue weighted by molar-refractivity contribution is -0.109. The largest absolute Gasteiger partial charge is 0.288 e. The van der Waals surface area contributed by atoms with Crippen molar-refractivity contribution in [3.63, 3.8) is 0 Å². The fraction of sp³-hybridized carbons (Fsp3) is 0.182. The summed E-state index contributed by atoms with van der Waals surface area (Å²) in [5.41, 5.74) is -1.20. The predicted octanol–water partition coefficient (Wildman–Crippen LogP) is 3.01. The van der Waals surface area contributed by atoms with Gasteiger partial charge in [0.25, 0.3) is 0 Å². The molecule has 96 valence electrons. The van der Waals surface area contributed by atoms with Crippen LogP contribution in [0.2, 0.25) is 0 Å². The summed E-state index contributed by atoms with van der Waals surface area (Å²) in [6, 6.07) is 0. The van der Waals surface area contributed by atoms with Crippen molar-refractivity contribution in [3.05, 3.63) is 34.6 Å². The average molecular weight is 280 g/mol. The lowest BCUT2D eigenvalue weighted by Gasteiger charge is -2.02. The van der Waals surface area contributed by atoms with E-state index in [0.29, 0.717) is 0 Å². The highest BCUT2D eigenvalue weighted by Crippen LogP contribution is 2.22. The first-order valence-corrected chi connectivity index (χ1v) is 5.48. The minimum absolute atomic E-state index is 0.102. The van der Waals surface area contributed by atoms with Crippen LogP contribution in [-0.4, -0.2) is 10.9 Å². The second-order valence-corrected chi connectivity index (χ2v) is 4.18. The molecule has 0 N–H and O–H groups in total. The van der Waals surface area contributed by atoms with Crippen molar-refractivity contribution in [2.24, 2.45) is 0 Å². The van der Waals surface area contributed by atoms with E-state index >= 15 is 0 Å². The second-order valence-electron chi connectivity index (χ2n) is 3.03. The van der Waals surface area contributed by atoms with Crippen molar-refractivity contribution in [2.75, 3.05) is 5.75 Å². The Hall–Kier alpha value is -1.55. The summed E-state index contributed by atoms with van der Waals surface area (Å²) >= 11 is 0.755. The molecular formula is C11H5F5OS. The molecule has 0 bridgehead atoms. The van der Waals surface area contributed by atoms with Crippen LogP contribution >= 0.6 is 11.8 Å². The number of benzene rings is 1. The Morgan fingerprint density at radius 1 is 1.00 bits per heavy atom. The standard InChI is InChI=1S/C11H5F5OS/c1-5(17)18-4-2-3-6-7(12)9(14)11(16)10(15)8(6)13/h4H2,1H3. The van der Waals surface area contributed by atoms with Gasteiger partial charge in [0.1, 0.15) is 5.56 Å². The highest BCUT2D eigenvalue weighted by atomic mass is 32.2. The Morgan fingerprint density at radius 2 is 1.44 bits per heavy atom. The molecule has 0 saturated carbocycles. The van der Waals surface area contributed by atoms with Crippen LogP contribution in [-0.2, 0) is 4.79 Å². The smallest absolute Gasteiger partial charge is 0.200 e. The van der Waals surface area contributed by atoms with Gasteiger partial charge < -0.3 is 0 Å². The van der Waals surface area contributed by atoms with Crippen LogP contribution in [0.4, 0.5) is 22.0 Å². The van der Waals surface area contributed by atoms with Crippen molar-refractivity contribution in [1.82, 2.24) is 0 Å². The van der Waals surface area contributed by atoms with E-state index in [1.54, 1.807) is 0 Å². The van der Waals surface area contributed by atoms with Crippen molar-refractivity contribution in [1.29, 1.82) is 0 Å². The van der Waals surface area contributed by atoms with E-state index < -0.39 is 34.6 Å². The number of hydrogen-bond donors (Lipinski definition) is 0. The maximum absolute atomic E-state index is 13.1. The predicted molar refractivity (Wildman–Crippen MR) is 56.2 cm³/mol. The molecule has 0 aliphatic rings. The van der Waals surface area contributed by atoms with E-state index in [-0.39, 0.29) is 10.9 Å². The van der Waals surface area contributed by atoms with E-state index in [0.717, 1.165) is 11.8 Å². The van der Waals surface area contributed by atoms with E-state index in [4.69, 9.17) is 0 Å². The van der Waals surface area contributed by atoms with Gasteiger partial charge in [-0.1, -0.05) is 23.6 Å². The zero-order valence-electron chi connectivity index (χ0n) is 8.91. The molecule has 0 radical (unpaired) electrons. The monoisotopic (exact) mass is 280 g/mol. The van der Waals surface area contributed by atoms with Gasteiger partial charge in [-0.15, -0.1) is 0 Å². The third kappa shape index (κ3) is 3.01. The molecule has 18 heavy (non-hydrogen) atoms. The minimum Gasteiger partial charge on any atom is -0.288 e. The topological polar surface area (TPSA) is 17.1 Å². The summed E-state index contributed by atoms with van der Waals surface area (Å²) < 4.78 is 64.4. The SMILES string of the molecule is CC(=O)SCC#Cc1c(F)c(F)c(F)c(F)c1F. The van der Waals surface area contributed by atoms with Crippen LogP contribution < -0.4 is 0 Å². The molecule has 0 unspecified atom stereocenters. The van der Waals surface area contributed by atoms with Gasteiger partial charge in [-0.2, -0.15) is 0 Å². The summed E-state index contributed by atoms with van der Waals surface area (Å²) in [5.74, 6) is -6.41. The van der Waals surface area contributed by atoms with Crippen molar-refractivity contribution < 1.29 is 26.7 Å². The fourth-order valence-corrected chi connectivity index (χ4v) is 1.32. The van der Waals surface area contributed by atoms with Gasteiger partial charge in [0.05, 0.1) is 5.75 Å². The molecule has 1 aromatic carbocycles. The van der Waals surface area contributed by atoms with Crippen molar-refractivity contribution >= 4 is 16.9 Å². The molecule has 0 atom stereocenters. The highest BCUT2D eigenvalue weighted by Gasteiger charge is 2.24. The third-order valence-corrected chi connectivity index (χ3v) is 2.47. The van der Waals surface area contributed by atoms with Gasteiger partial charge in [0.2, 0.25) is 5.82 Å². The Morgan fingerprint density at radius 3 is 1.89 bits per heavy atom. The molecule has 0 spiro atoms. The molecule has 1 rings (SSSR count). The zero-order chi connectivity index (χ0) is 13.9. The molecule has 0 fully saturated rings. The summed E-state index contributed by atoms with van der Waals surface area (Å²) in [6.45, 7) is 1.25. The molecule has 7 heteroatoms. The van der Waals surface area contributed by atoms with Gasteiger partial charge in [-0.05, 0) is 0 Å². The third-order valence-electron chi connectivity index (χ3n) is 1.77. The first-order valence-electron chi connectivity index (χ1n) is 4.50. The quantitative estimate of drug-likeness (QED) is 0.340. The Labute approximate surface area is 103 Å². The highest BCUT2D eigenvalue weighted by molar-refractivity contribution is 8.13. The normalized spacial score (nSPS) is 9.89. The fourth-order valence-electron chi connectivity index (χ4n) is 0.977. The molecule has 0 saturated heterocycles.